The molecular formula is C23H29N5O4. The maximum atomic E-state index is 12.7. The van der Waals surface area contributed by atoms with E-state index in [-0.39, 0.29) is 36.7 Å². The van der Waals surface area contributed by atoms with Gasteiger partial charge in [0.05, 0.1) is 11.3 Å². The standard InChI is InChI=1S/C23H29N5O4/c1-14(2)19-25-20(32-27-19)16-9-6-8-15(3)18(16)24-17(29)10-7-13-28-21(30)23(26-22(28)31)11-4-5-12-23/h6,8-9,14H,4-5,7,10-13H2,1-3H3,(H,24,29)(H,26,31). The van der Waals surface area contributed by atoms with Crippen molar-refractivity contribution in [3.8, 4) is 11.5 Å². The van der Waals surface area contributed by atoms with Crippen molar-refractivity contribution in [3.05, 3.63) is 29.6 Å². The SMILES string of the molecule is Cc1cccc(-c2nc(C(C)C)no2)c1NC(=O)CCCN1C(=O)NC2(CCCC2)C1=O. The Morgan fingerprint density at radius 1 is 1.28 bits per heavy atom. The summed E-state index contributed by atoms with van der Waals surface area (Å²) < 4.78 is 5.41. The highest BCUT2D eigenvalue weighted by molar-refractivity contribution is 6.07. The molecule has 0 radical (unpaired) electrons. The van der Waals surface area contributed by atoms with Crippen molar-refractivity contribution in [2.24, 2.45) is 0 Å². The Hall–Kier alpha value is -3.23. The summed E-state index contributed by atoms with van der Waals surface area (Å²) in [6, 6.07) is 5.24. The Morgan fingerprint density at radius 2 is 2.03 bits per heavy atom. The molecule has 1 aromatic heterocycles. The van der Waals surface area contributed by atoms with Gasteiger partial charge in [0.15, 0.2) is 5.82 Å². The van der Waals surface area contributed by atoms with Crippen LogP contribution in [0.1, 0.15) is 69.7 Å². The second kappa shape index (κ2) is 8.72. The van der Waals surface area contributed by atoms with E-state index < -0.39 is 5.54 Å². The number of nitrogens with zero attached hydrogens (tertiary/aromatic N) is 3. The lowest BCUT2D eigenvalue weighted by Gasteiger charge is -2.20. The number of para-hydroxylation sites is 1. The Bertz CT molecular complexity index is 1040. The topological polar surface area (TPSA) is 117 Å². The molecule has 0 atom stereocenters. The lowest BCUT2D eigenvalue weighted by Crippen LogP contribution is -2.44. The number of hydrogen-bond donors (Lipinski definition) is 2. The van der Waals surface area contributed by atoms with Crippen LogP contribution in [0.25, 0.3) is 11.5 Å². The monoisotopic (exact) mass is 439 g/mol. The molecule has 9 nitrogen and oxygen atoms in total. The number of aryl methyl sites for hydroxylation is 1. The number of carbonyl (C=O) groups excluding carboxylic acids is 3. The van der Waals surface area contributed by atoms with Gasteiger partial charge in [-0.3, -0.25) is 14.5 Å². The van der Waals surface area contributed by atoms with Gasteiger partial charge >= 0.3 is 6.03 Å². The Balaban J connectivity index is 1.38. The van der Waals surface area contributed by atoms with Gasteiger partial charge in [-0.05, 0) is 37.8 Å². The highest BCUT2D eigenvalue weighted by atomic mass is 16.5. The molecule has 2 aliphatic rings. The fourth-order valence-corrected chi connectivity index (χ4v) is 4.39. The second-order valence-corrected chi connectivity index (χ2v) is 8.94. The Morgan fingerprint density at radius 3 is 2.72 bits per heavy atom. The van der Waals surface area contributed by atoms with Gasteiger partial charge < -0.3 is 15.2 Å². The highest BCUT2D eigenvalue weighted by Gasteiger charge is 2.52. The first-order chi connectivity index (χ1) is 15.3. The molecule has 1 aliphatic heterocycles. The molecule has 1 saturated heterocycles. The Labute approximate surface area is 186 Å². The molecule has 0 unspecified atom stereocenters. The fourth-order valence-electron chi connectivity index (χ4n) is 4.39. The van der Waals surface area contributed by atoms with E-state index in [1.807, 2.05) is 39.0 Å². The number of rotatable bonds is 7. The molecule has 0 bridgehead atoms. The number of urea groups is 1. The number of benzene rings is 1. The largest absolute Gasteiger partial charge is 0.334 e. The van der Waals surface area contributed by atoms with E-state index in [0.29, 0.717) is 42.2 Å². The van der Waals surface area contributed by atoms with Crippen molar-refractivity contribution < 1.29 is 18.9 Å². The molecule has 2 heterocycles. The second-order valence-electron chi connectivity index (χ2n) is 8.94. The van der Waals surface area contributed by atoms with Gasteiger partial charge in [-0.1, -0.05) is 44.0 Å². The van der Waals surface area contributed by atoms with Crippen molar-refractivity contribution in [2.75, 3.05) is 11.9 Å². The van der Waals surface area contributed by atoms with Crippen molar-refractivity contribution in [3.63, 3.8) is 0 Å². The maximum absolute atomic E-state index is 12.7. The summed E-state index contributed by atoms with van der Waals surface area (Å²) in [5.41, 5.74) is 1.44. The first kappa shape index (κ1) is 22.0. The third-order valence-electron chi connectivity index (χ3n) is 6.21. The van der Waals surface area contributed by atoms with Crippen molar-refractivity contribution in [2.45, 2.75) is 70.8 Å². The third-order valence-corrected chi connectivity index (χ3v) is 6.21. The maximum Gasteiger partial charge on any atom is 0.325 e. The molecule has 1 spiro atoms. The van der Waals surface area contributed by atoms with Gasteiger partial charge in [0.25, 0.3) is 11.8 Å². The molecule has 2 fully saturated rings. The van der Waals surface area contributed by atoms with Crippen LogP contribution in [-0.2, 0) is 9.59 Å². The first-order valence-electron chi connectivity index (χ1n) is 11.2. The number of aromatic nitrogens is 2. The van der Waals surface area contributed by atoms with Gasteiger partial charge in [-0.25, -0.2) is 4.79 Å². The van der Waals surface area contributed by atoms with E-state index in [1.54, 1.807) is 0 Å². The summed E-state index contributed by atoms with van der Waals surface area (Å²) in [5.74, 6) is 0.733. The van der Waals surface area contributed by atoms with Crippen LogP contribution in [0.5, 0.6) is 0 Å². The molecule has 2 aromatic rings. The Kier molecular flexibility index (Phi) is 5.99. The number of anilines is 1. The minimum absolute atomic E-state index is 0.129. The smallest absolute Gasteiger partial charge is 0.325 e. The van der Waals surface area contributed by atoms with Gasteiger partial charge in [-0.15, -0.1) is 0 Å². The van der Waals surface area contributed by atoms with E-state index in [2.05, 4.69) is 20.8 Å². The zero-order chi connectivity index (χ0) is 22.9. The molecule has 1 aromatic carbocycles. The number of carbonyl (C=O) groups is 3. The number of hydrogen-bond acceptors (Lipinski definition) is 6. The predicted octanol–water partition coefficient (Wildman–Crippen LogP) is 3.75. The average Bonchev–Trinajstić information content (AvgIpc) is 3.47. The van der Waals surface area contributed by atoms with Gasteiger partial charge in [-0.2, -0.15) is 4.98 Å². The van der Waals surface area contributed by atoms with Crippen LogP contribution < -0.4 is 10.6 Å². The van der Waals surface area contributed by atoms with Crippen molar-refractivity contribution in [1.29, 1.82) is 0 Å². The molecule has 1 aliphatic carbocycles. The van der Waals surface area contributed by atoms with Crippen LogP contribution in [0.15, 0.2) is 22.7 Å². The average molecular weight is 440 g/mol. The molecule has 1 saturated carbocycles. The third kappa shape index (κ3) is 4.11. The molecule has 9 heteroatoms. The summed E-state index contributed by atoms with van der Waals surface area (Å²) >= 11 is 0. The van der Waals surface area contributed by atoms with Gasteiger partial charge in [0.1, 0.15) is 5.54 Å². The summed E-state index contributed by atoms with van der Waals surface area (Å²) in [4.78, 5) is 43.4. The van der Waals surface area contributed by atoms with Crippen molar-refractivity contribution >= 4 is 23.5 Å². The molecular weight excluding hydrogens is 410 g/mol. The fraction of sp³-hybridized carbons (Fsp3) is 0.522. The molecule has 4 amide bonds. The lowest BCUT2D eigenvalue weighted by molar-refractivity contribution is -0.131. The number of imide groups is 1. The van der Waals surface area contributed by atoms with Crippen LogP contribution >= 0.6 is 0 Å². The zero-order valence-corrected chi connectivity index (χ0v) is 18.7. The van der Waals surface area contributed by atoms with E-state index in [4.69, 9.17) is 4.52 Å². The summed E-state index contributed by atoms with van der Waals surface area (Å²) in [5, 5.41) is 9.81. The highest BCUT2D eigenvalue weighted by Crippen LogP contribution is 2.35. The molecule has 4 rings (SSSR count). The van der Waals surface area contributed by atoms with Crippen LogP contribution in [0.4, 0.5) is 10.5 Å². The van der Waals surface area contributed by atoms with Crippen LogP contribution in [-0.4, -0.2) is 45.0 Å². The normalized spacial score (nSPS) is 17.4. The minimum atomic E-state index is -0.714. The van der Waals surface area contributed by atoms with Crippen LogP contribution in [0.3, 0.4) is 0 Å². The molecule has 32 heavy (non-hydrogen) atoms. The summed E-state index contributed by atoms with van der Waals surface area (Å²) in [6.07, 6.45) is 3.84. The van der Waals surface area contributed by atoms with E-state index in [0.717, 1.165) is 18.4 Å². The van der Waals surface area contributed by atoms with E-state index in [1.165, 1.54) is 4.90 Å². The summed E-state index contributed by atoms with van der Waals surface area (Å²) in [6.45, 7) is 6.08. The molecule has 170 valence electrons. The molecule has 2 N–H and O–H groups in total. The minimum Gasteiger partial charge on any atom is -0.334 e. The van der Waals surface area contributed by atoms with E-state index in [9.17, 15) is 14.4 Å². The predicted molar refractivity (Wildman–Crippen MR) is 118 cm³/mol. The first-order valence-corrected chi connectivity index (χ1v) is 11.2. The quantitative estimate of drug-likeness (QED) is 0.635. The lowest BCUT2D eigenvalue weighted by atomic mass is 9.98. The zero-order valence-electron chi connectivity index (χ0n) is 18.7. The van der Waals surface area contributed by atoms with Crippen LogP contribution in [0.2, 0.25) is 0 Å². The van der Waals surface area contributed by atoms with Gasteiger partial charge in [0.2, 0.25) is 5.91 Å². The number of nitrogens with one attached hydrogen (secondary N) is 2. The van der Waals surface area contributed by atoms with Crippen molar-refractivity contribution in [1.82, 2.24) is 20.4 Å². The number of amides is 4. The van der Waals surface area contributed by atoms with Crippen LogP contribution in [0, 0.1) is 6.92 Å². The van der Waals surface area contributed by atoms with E-state index >= 15 is 0 Å². The van der Waals surface area contributed by atoms with Gasteiger partial charge in [0, 0.05) is 18.9 Å². The summed E-state index contributed by atoms with van der Waals surface area (Å²) in [7, 11) is 0.